The molecule has 0 saturated carbocycles. The average molecular weight is 420 g/mol. The Labute approximate surface area is 156 Å². The van der Waals surface area contributed by atoms with Crippen molar-refractivity contribution in [2.45, 2.75) is 19.3 Å². The molecule has 0 atom stereocenters. The predicted molar refractivity (Wildman–Crippen MR) is 88.3 cm³/mol. The van der Waals surface area contributed by atoms with Crippen molar-refractivity contribution in [2.75, 3.05) is 0 Å². The molecule has 0 fully saturated rings. The highest BCUT2D eigenvalue weighted by molar-refractivity contribution is 6.35. The molecule has 0 aliphatic heterocycles. The Kier molecular flexibility index (Phi) is 3.86. The number of hydrogen-bond donors (Lipinski definition) is 1. The summed E-state index contributed by atoms with van der Waals surface area (Å²) < 4.78 is 80.8. The maximum atomic E-state index is 13.6. The molecule has 3 aromatic heterocycles. The molecule has 4 rings (SSSR count). The molecule has 0 saturated heterocycles. The molecule has 3 heterocycles. The van der Waals surface area contributed by atoms with E-state index in [1.807, 2.05) is 0 Å². The molecule has 0 amide bonds. The smallest absolute Gasteiger partial charge is 0.276 e. The van der Waals surface area contributed by atoms with Crippen molar-refractivity contribution in [1.29, 1.82) is 0 Å². The molecule has 0 aliphatic carbocycles. The standard InChI is InChI=1S/C16H8ClF6N5/c1-6-2-10(15(18,19)20)25-13-11(6)26-14(16(21,22)23)28(13)8-3-7-5-24-27-12(7)9(17)4-8/h2-5H,1H3,(H,24,27). The first-order valence-corrected chi connectivity index (χ1v) is 8.02. The van der Waals surface area contributed by atoms with Gasteiger partial charge in [0.1, 0.15) is 11.2 Å². The average Bonchev–Trinajstić information content (AvgIpc) is 3.17. The summed E-state index contributed by atoms with van der Waals surface area (Å²) in [4.78, 5) is 6.95. The van der Waals surface area contributed by atoms with E-state index < -0.39 is 29.5 Å². The van der Waals surface area contributed by atoms with Crippen LogP contribution in [-0.4, -0.2) is 24.7 Å². The van der Waals surface area contributed by atoms with E-state index in [2.05, 4.69) is 20.2 Å². The maximum absolute atomic E-state index is 13.6. The number of benzene rings is 1. The molecule has 0 aliphatic rings. The molecule has 146 valence electrons. The second-order valence-corrected chi connectivity index (χ2v) is 6.43. The number of fused-ring (bicyclic) bond motifs is 2. The molecule has 0 unspecified atom stereocenters. The summed E-state index contributed by atoms with van der Waals surface area (Å²) in [7, 11) is 0. The van der Waals surface area contributed by atoms with Gasteiger partial charge in [0.25, 0.3) is 0 Å². The van der Waals surface area contributed by atoms with E-state index in [4.69, 9.17) is 11.6 Å². The molecule has 1 aromatic carbocycles. The highest BCUT2D eigenvalue weighted by Crippen LogP contribution is 2.37. The van der Waals surface area contributed by atoms with E-state index in [0.717, 1.165) is 0 Å². The fourth-order valence-electron chi connectivity index (χ4n) is 2.91. The SMILES string of the molecule is Cc1cc(C(F)(F)F)nc2c1nc(C(F)(F)F)n2-c1cc(Cl)c2[nH]ncc2c1. The lowest BCUT2D eigenvalue weighted by atomic mass is 10.2. The number of aromatic nitrogens is 5. The lowest BCUT2D eigenvalue weighted by molar-refractivity contribution is -0.145. The molecule has 4 aromatic rings. The van der Waals surface area contributed by atoms with Crippen LogP contribution in [0.5, 0.6) is 0 Å². The number of aryl methyl sites for hydroxylation is 1. The summed E-state index contributed by atoms with van der Waals surface area (Å²) in [5.74, 6) is -1.41. The van der Waals surface area contributed by atoms with Crippen LogP contribution in [0.2, 0.25) is 5.02 Å². The zero-order valence-corrected chi connectivity index (χ0v) is 14.5. The molecule has 0 spiro atoms. The normalized spacial score (nSPS) is 13.0. The molecule has 1 N–H and O–H groups in total. The minimum absolute atomic E-state index is 0.0451. The second-order valence-electron chi connectivity index (χ2n) is 6.02. The first-order valence-electron chi connectivity index (χ1n) is 7.64. The highest BCUT2D eigenvalue weighted by atomic mass is 35.5. The predicted octanol–water partition coefficient (Wildman–Crippen LogP) is 5.30. The molecule has 5 nitrogen and oxygen atoms in total. The van der Waals surface area contributed by atoms with Gasteiger partial charge in [-0.25, -0.2) is 9.97 Å². The van der Waals surface area contributed by atoms with Crippen LogP contribution in [0.25, 0.3) is 27.8 Å². The number of halogens is 7. The lowest BCUT2D eigenvalue weighted by Crippen LogP contribution is -2.15. The van der Waals surface area contributed by atoms with Gasteiger partial charge in [-0.15, -0.1) is 0 Å². The monoisotopic (exact) mass is 419 g/mol. The van der Waals surface area contributed by atoms with E-state index in [9.17, 15) is 26.3 Å². The van der Waals surface area contributed by atoms with Crippen LogP contribution < -0.4 is 0 Å². The van der Waals surface area contributed by atoms with Crippen LogP contribution in [0.1, 0.15) is 17.1 Å². The third kappa shape index (κ3) is 2.86. The summed E-state index contributed by atoms with van der Waals surface area (Å²) in [6.07, 6.45) is -8.45. The second kappa shape index (κ2) is 5.84. The maximum Gasteiger partial charge on any atom is 0.450 e. The van der Waals surface area contributed by atoms with Gasteiger partial charge in [-0.1, -0.05) is 11.6 Å². The van der Waals surface area contributed by atoms with E-state index in [-0.39, 0.29) is 21.8 Å². The van der Waals surface area contributed by atoms with Crippen LogP contribution in [0.15, 0.2) is 24.4 Å². The van der Waals surface area contributed by atoms with Gasteiger partial charge >= 0.3 is 12.4 Å². The van der Waals surface area contributed by atoms with Gasteiger partial charge in [-0.05, 0) is 30.7 Å². The Balaban J connectivity index is 2.13. The van der Waals surface area contributed by atoms with Gasteiger partial charge in [-0.3, -0.25) is 9.67 Å². The van der Waals surface area contributed by atoms with E-state index in [1.54, 1.807) is 0 Å². The third-order valence-electron chi connectivity index (χ3n) is 4.09. The van der Waals surface area contributed by atoms with Crippen molar-refractivity contribution >= 4 is 33.7 Å². The van der Waals surface area contributed by atoms with Crippen LogP contribution in [0, 0.1) is 6.92 Å². The largest absolute Gasteiger partial charge is 0.450 e. The third-order valence-corrected chi connectivity index (χ3v) is 4.39. The molecular formula is C16H8ClF6N5. The Morgan fingerprint density at radius 1 is 1.00 bits per heavy atom. The fourth-order valence-corrected chi connectivity index (χ4v) is 3.17. The molecule has 0 radical (unpaired) electrons. The van der Waals surface area contributed by atoms with Crippen molar-refractivity contribution in [3.63, 3.8) is 0 Å². The number of rotatable bonds is 1. The minimum Gasteiger partial charge on any atom is -0.276 e. The topological polar surface area (TPSA) is 59.4 Å². The van der Waals surface area contributed by atoms with Crippen LogP contribution >= 0.6 is 11.6 Å². The molecule has 28 heavy (non-hydrogen) atoms. The Bertz CT molecular complexity index is 1220. The summed E-state index contributed by atoms with van der Waals surface area (Å²) in [5, 5.41) is 6.77. The van der Waals surface area contributed by atoms with Crippen LogP contribution in [0.3, 0.4) is 0 Å². The van der Waals surface area contributed by atoms with Crippen molar-refractivity contribution in [1.82, 2.24) is 24.7 Å². The molecule has 0 bridgehead atoms. The number of nitrogens with one attached hydrogen (secondary N) is 1. The Hall–Kier alpha value is -2.82. The summed E-state index contributed by atoms with van der Waals surface area (Å²) in [6, 6.07) is 3.14. The summed E-state index contributed by atoms with van der Waals surface area (Å²) in [6.45, 7) is 1.24. The number of aromatic amines is 1. The van der Waals surface area contributed by atoms with Gasteiger partial charge in [-0.2, -0.15) is 31.4 Å². The van der Waals surface area contributed by atoms with Crippen molar-refractivity contribution in [2.24, 2.45) is 0 Å². The summed E-state index contributed by atoms with van der Waals surface area (Å²) >= 11 is 6.09. The minimum atomic E-state index is -4.94. The Morgan fingerprint density at radius 2 is 1.71 bits per heavy atom. The Morgan fingerprint density at radius 3 is 2.36 bits per heavy atom. The lowest BCUT2D eigenvalue weighted by Gasteiger charge is -2.13. The number of hydrogen-bond acceptors (Lipinski definition) is 3. The van der Waals surface area contributed by atoms with Gasteiger partial charge in [0.05, 0.1) is 22.4 Å². The van der Waals surface area contributed by atoms with Gasteiger partial charge < -0.3 is 0 Å². The number of H-pyrrole nitrogens is 1. The van der Waals surface area contributed by atoms with E-state index >= 15 is 0 Å². The first-order chi connectivity index (χ1) is 13.0. The number of alkyl halides is 6. The number of pyridine rings is 1. The highest BCUT2D eigenvalue weighted by Gasteiger charge is 2.40. The van der Waals surface area contributed by atoms with Crippen molar-refractivity contribution in [3.05, 3.63) is 46.5 Å². The van der Waals surface area contributed by atoms with Gasteiger partial charge in [0, 0.05) is 5.39 Å². The van der Waals surface area contributed by atoms with Crippen molar-refractivity contribution in [3.8, 4) is 5.69 Å². The number of imidazole rings is 1. The summed E-state index contributed by atoms with van der Waals surface area (Å²) in [5.41, 5.74) is -2.02. The van der Waals surface area contributed by atoms with Crippen LogP contribution in [-0.2, 0) is 12.4 Å². The molecular weight excluding hydrogens is 412 g/mol. The fraction of sp³-hybridized carbons (Fsp3) is 0.188. The molecule has 12 heteroatoms. The van der Waals surface area contributed by atoms with Crippen molar-refractivity contribution < 1.29 is 26.3 Å². The van der Waals surface area contributed by atoms with Gasteiger partial charge in [0.15, 0.2) is 5.65 Å². The van der Waals surface area contributed by atoms with E-state index in [1.165, 1.54) is 25.3 Å². The quantitative estimate of drug-likeness (QED) is 0.426. The number of nitrogens with zero attached hydrogens (tertiary/aromatic N) is 4. The zero-order chi connectivity index (χ0) is 20.4. The zero-order valence-electron chi connectivity index (χ0n) is 13.7. The van der Waals surface area contributed by atoms with Crippen LogP contribution in [0.4, 0.5) is 26.3 Å². The van der Waals surface area contributed by atoms with E-state index in [0.29, 0.717) is 21.5 Å². The first kappa shape index (κ1) is 18.5. The van der Waals surface area contributed by atoms with Gasteiger partial charge in [0.2, 0.25) is 5.82 Å².